The van der Waals surface area contributed by atoms with Crippen LogP contribution in [0.15, 0.2) is 78.9 Å². The molecular formula is C34H36ClNO3S. The van der Waals surface area contributed by atoms with Gasteiger partial charge in [0.15, 0.2) is 0 Å². The largest absolute Gasteiger partial charge is 0.481 e. The van der Waals surface area contributed by atoms with Crippen molar-refractivity contribution in [2.45, 2.75) is 56.8 Å². The van der Waals surface area contributed by atoms with Gasteiger partial charge in [-0.2, -0.15) is 11.8 Å². The summed E-state index contributed by atoms with van der Waals surface area (Å²) in [5.41, 5.74) is 5.25. The number of aliphatic hydroxyl groups is 1. The zero-order valence-corrected chi connectivity index (χ0v) is 24.8. The van der Waals surface area contributed by atoms with E-state index in [1.54, 1.807) is 6.92 Å². The summed E-state index contributed by atoms with van der Waals surface area (Å²) < 4.78 is 0. The van der Waals surface area contributed by atoms with Crippen LogP contribution in [0.4, 0.5) is 0 Å². The highest BCUT2D eigenvalue weighted by Gasteiger charge is 2.20. The van der Waals surface area contributed by atoms with E-state index in [1.807, 2.05) is 86.3 Å². The molecule has 6 heteroatoms. The maximum Gasteiger partial charge on any atom is 0.310 e. The van der Waals surface area contributed by atoms with E-state index in [-0.39, 0.29) is 5.25 Å². The van der Waals surface area contributed by atoms with E-state index in [9.17, 15) is 15.0 Å². The third kappa shape index (κ3) is 8.44. The molecule has 0 radical (unpaired) electrons. The number of aromatic nitrogens is 1. The Morgan fingerprint density at radius 3 is 2.58 bits per heavy atom. The van der Waals surface area contributed by atoms with Gasteiger partial charge in [-0.3, -0.25) is 4.79 Å². The highest BCUT2D eigenvalue weighted by atomic mass is 35.5. The third-order valence-corrected chi connectivity index (χ3v) is 8.59. The number of benzene rings is 3. The Bertz CT molecular complexity index is 1490. The number of pyridine rings is 1. The van der Waals surface area contributed by atoms with Crippen molar-refractivity contribution in [2.75, 3.05) is 5.75 Å². The highest BCUT2D eigenvalue weighted by molar-refractivity contribution is 7.99. The van der Waals surface area contributed by atoms with Crippen molar-refractivity contribution >= 4 is 52.4 Å². The Labute approximate surface area is 246 Å². The number of thioether (sulfide) groups is 1. The number of hydrogen-bond acceptors (Lipinski definition) is 4. The van der Waals surface area contributed by atoms with Crippen molar-refractivity contribution < 1.29 is 15.0 Å². The molecule has 0 saturated carbocycles. The second-order valence-electron chi connectivity index (χ2n) is 10.8. The molecule has 1 heterocycles. The van der Waals surface area contributed by atoms with Crippen LogP contribution in [0.1, 0.15) is 72.7 Å². The van der Waals surface area contributed by atoms with Gasteiger partial charge in [-0.25, -0.2) is 4.98 Å². The number of carboxylic acid groups (broad SMARTS) is 1. The molecule has 0 fully saturated rings. The summed E-state index contributed by atoms with van der Waals surface area (Å²) in [5, 5.41) is 21.8. The fraction of sp³-hybridized carbons (Fsp3) is 0.294. The fourth-order valence-electron chi connectivity index (χ4n) is 4.64. The second kappa shape index (κ2) is 13.5. The normalized spacial score (nSPS) is 13.5. The molecule has 2 atom stereocenters. The first-order valence-electron chi connectivity index (χ1n) is 13.6. The Balaban J connectivity index is 1.55. The molecule has 0 bridgehead atoms. The quantitative estimate of drug-likeness (QED) is 0.177. The summed E-state index contributed by atoms with van der Waals surface area (Å²) in [6, 6.07) is 26.1. The van der Waals surface area contributed by atoms with Crippen molar-refractivity contribution in [2.24, 2.45) is 0 Å². The molecule has 0 amide bonds. The predicted octanol–water partition coefficient (Wildman–Crippen LogP) is 8.81. The van der Waals surface area contributed by atoms with E-state index in [1.165, 1.54) is 5.56 Å². The van der Waals surface area contributed by atoms with Crippen molar-refractivity contribution in [3.05, 3.63) is 112 Å². The van der Waals surface area contributed by atoms with Crippen LogP contribution in [0.2, 0.25) is 5.02 Å². The maximum atomic E-state index is 11.7. The average molecular weight is 574 g/mol. The average Bonchev–Trinajstić information content (AvgIpc) is 2.92. The lowest BCUT2D eigenvalue weighted by Gasteiger charge is -2.22. The van der Waals surface area contributed by atoms with Gasteiger partial charge in [0.25, 0.3) is 0 Å². The van der Waals surface area contributed by atoms with Crippen LogP contribution >= 0.6 is 23.4 Å². The van der Waals surface area contributed by atoms with Crippen LogP contribution in [0.3, 0.4) is 0 Å². The van der Waals surface area contributed by atoms with Crippen LogP contribution < -0.4 is 0 Å². The lowest BCUT2D eigenvalue weighted by Crippen LogP contribution is -2.19. The Morgan fingerprint density at radius 2 is 1.80 bits per heavy atom. The van der Waals surface area contributed by atoms with Crippen molar-refractivity contribution in [1.29, 1.82) is 0 Å². The number of nitrogens with zero attached hydrogens (tertiary/aromatic N) is 1. The van der Waals surface area contributed by atoms with E-state index in [0.717, 1.165) is 51.9 Å². The van der Waals surface area contributed by atoms with Crippen LogP contribution in [-0.2, 0) is 11.2 Å². The molecular weight excluding hydrogens is 538 g/mol. The summed E-state index contributed by atoms with van der Waals surface area (Å²) in [7, 11) is 0. The Hall–Kier alpha value is -3.12. The minimum Gasteiger partial charge on any atom is -0.481 e. The number of aryl methyl sites for hydroxylation is 1. The molecule has 0 aliphatic carbocycles. The van der Waals surface area contributed by atoms with E-state index in [4.69, 9.17) is 16.6 Å². The van der Waals surface area contributed by atoms with Crippen LogP contribution in [0.25, 0.3) is 23.1 Å². The lowest BCUT2D eigenvalue weighted by molar-refractivity contribution is -0.138. The zero-order valence-electron chi connectivity index (χ0n) is 23.2. The van der Waals surface area contributed by atoms with E-state index in [2.05, 4.69) is 30.3 Å². The molecule has 0 aliphatic rings. The molecule has 4 nitrogen and oxygen atoms in total. The SMILES string of the molecule is CC(C(=O)O)c1ccccc1CCC(SCCC(C)(C)O)c1cccc(C=Cc2ccc3ccc(Cl)cc3n2)c1. The van der Waals surface area contributed by atoms with Gasteiger partial charge < -0.3 is 10.2 Å². The van der Waals surface area contributed by atoms with E-state index < -0.39 is 17.5 Å². The zero-order chi connectivity index (χ0) is 28.7. The number of rotatable bonds is 12. The van der Waals surface area contributed by atoms with E-state index in [0.29, 0.717) is 11.4 Å². The molecule has 2 N–H and O–H groups in total. The van der Waals surface area contributed by atoms with Crippen LogP contribution in [0.5, 0.6) is 0 Å². The summed E-state index contributed by atoms with van der Waals surface area (Å²) in [5.74, 6) is -0.539. The molecule has 2 unspecified atom stereocenters. The molecule has 0 aliphatic heterocycles. The standard InChI is InChI=1S/C34H36ClNO3S/c1-23(33(37)38)30-10-5-4-8-25(30)14-18-32(40-20-19-34(2,3)39)27-9-6-7-24(21-27)11-16-29-17-13-26-12-15-28(35)22-31(26)36-29/h4-13,15-17,21-23,32,39H,14,18-20H2,1-3H3,(H,37,38). The summed E-state index contributed by atoms with van der Waals surface area (Å²) in [4.78, 5) is 16.4. The van der Waals surface area contributed by atoms with Gasteiger partial charge in [0.05, 0.1) is 22.7 Å². The number of carbonyl (C=O) groups is 1. The minimum absolute atomic E-state index is 0.199. The third-order valence-electron chi connectivity index (χ3n) is 7.01. The van der Waals surface area contributed by atoms with Crippen molar-refractivity contribution in [3.8, 4) is 0 Å². The van der Waals surface area contributed by atoms with Crippen molar-refractivity contribution in [3.63, 3.8) is 0 Å². The number of halogens is 1. The molecule has 0 spiro atoms. The van der Waals surface area contributed by atoms with Gasteiger partial charge in [0.1, 0.15) is 0 Å². The molecule has 40 heavy (non-hydrogen) atoms. The van der Waals surface area contributed by atoms with E-state index >= 15 is 0 Å². The first-order valence-corrected chi connectivity index (χ1v) is 15.0. The van der Waals surface area contributed by atoms with Gasteiger partial charge >= 0.3 is 5.97 Å². The molecule has 0 saturated heterocycles. The minimum atomic E-state index is -0.813. The molecule has 4 rings (SSSR count). The predicted molar refractivity (Wildman–Crippen MR) is 169 cm³/mol. The monoisotopic (exact) mass is 573 g/mol. The number of aliphatic carboxylic acids is 1. The van der Waals surface area contributed by atoms with Crippen LogP contribution in [-0.4, -0.2) is 32.5 Å². The smallest absolute Gasteiger partial charge is 0.310 e. The van der Waals surface area contributed by atoms with Gasteiger partial charge in [-0.1, -0.05) is 78.3 Å². The Morgan fingerprint density at radius 1 is 1.02 bits per heavy atom. The first-order chi connectivity index (χ1) is 19.1. The first kappa shape index (κ1) is 29.9. The van der Waals surface area contributed by atoms with Crippen LogP contribution in [0, 0.1) is 0 Å². The topological polar surface area (TPSA) is 70.4 Å². The van der Waals surface area contributed by atoms with Gasteiger partial charge in [0.2, 0.25) is 0 Å². The molecule has 1 aromatic heterocycles. The van der Waals surface area contributed by atoms with Gasteiger partial charge in [0, 0.05) is 15.7 Å². The summed E-state index contributed by atoms with van der Waals surface area (Å²) in [6.07, 6.45) is 6.42. The Kier molecular flexibility index (Phi) is 10.1. The maximum absolute atomic E-state index is 11.7. The van der Waals surface area contributed by atoms with Crippen molar-refractivity contribution in [1.82, 2.24) is 4.98 Å². The van der Waals surface area contributed by atoms with Gasteiger partial charge in [-0.05, 0) is 92.3 Å². The fourth-order valence-corrected chi connectivity index (χ4v) is 6.34. The molecule has 208 valence electrons. The lowest BCUT2D eigenvalue weighted by atomic mass is 9.92. The molecule has 4 aromatic rings. The number of carboxylic acids is 1. The number of fused-ring (bicyclic) bond motifs is 1. The highest BCUT2D eigenvalue weighted by Crippen LogP contribution is 2.36. The summed E-state index contributed by atoms with van der Waals surface area (Å²) >= 11 is 8.00. The molecule has 3 aromatic carbocycles. The number of hydrogen-bond donors (Lipinski definition) is 2. The second-order valence-corrected chi connectivity index (χ2v) is 12.5. The van der Waals surface area contributed by atoms with Gasteiger partial charge in [-0.15, -0.1) is 0 Å². The summed E-state index contributed by atoms with van der Waals surface area (Å²) in [6.45, 7) is 5.42.